The number of ketones is 1. The number of hydrogen-bond donors (Lipinski definition) is 2. The van der Waals surface area contributed by atoms with Crippen LogP contribution in [-0.4, -0.2) is 15.8 Å². The van der Waals surface area contributed by atoms with Crippen LogP contribution in [0.1, 0.15) is 13.8 Å². The smallest absolute Gasteiger partial charge is 0.126 e. The zero-order valence-corrected chi connectivity index (χ0v) is 12.8. The van der Waals surface area contributed by atoms with Crippen LogP contribution in [0.25, 0.3) is 21.8 Å². The molecule has 0 unspecified atom stereocenters. The molecule has 0 bridgehead atoms. The first-order valence-electron chi connectivity index (χ1n) is 7.18. The lowest BCUT2D eigenvalue weighted by Gasteiger charge is -1.83. The number of nitrogens with one attached hydrogen (secondary N) is 2. The normalized spacial score (nSPS) is 9.55. The van der Waals surface area contributed by atoms with E-state index in [0.717, 1.165) is 0 Å². The van der Waals surface area contributed by atoms with Crippen molar-refractivity contribution in [1.29, 1.82) is 0 Å². The van der Waals surface area contributed by atoms with E-state index < -0.39 is 0 Å². The van der Waals surface area contributed by atoms with Crippen molar-refractivity contribution in [1.82, 2.24) is 9.97 Å². The van der Waals surface area contributed by atoms with E-state index in [1.807, 2.05) is 36.7 Å². The number of carbonyl (C=O) groups is 1. The Bertz CT molecular complexity index is 712. The van der Waals surface area contributed by atoms with Crippen LogP contribution >= 0.6 is 0 Å². The molecule has 2 N–H and O–H groups in total. The first-order chi connectivity index (χ1) is 10.7. The monoisotopic (exact) mass is 292 g/mol. The van der Waals surface area contributed by atoms with Crippen molar-refractivity contribution in [3.05, 3.63) is 73.1 Å². The molecule has 0 saturated carbocycles. The van der Waals surface area contributed by atoms with Gasteiger partial charge in [-0.25, -0.2) is 0 Å². The van der Waals surface area contributed by atoms with Crippen LogP contribution in [0.15, 0.2) is 73.1 Å². The van der Waals surface area contributed by atoms with Gasteiger partial charge in [0.05, 0.1) is 0 Å². The summed E-state index contributed by atoms with van der Waals surface area (Å²) in [6, 6.07) is 20.6. The van der Waals surface area contributed by atoms with Gasteiger partial charge in [-0.05, 0) is 48.9 Å². The quantitative estimate of drug-likeness (QED) is 0.474. The highest BCUT2D eigenvalue weighted by molar-refractivity contribution is 5.79. The lowest BCUT2D eigenvalue weighted by molar-refractivity contribution is -0.114. The van der Waals surface area contributed by atoms with Crippen molar-refractivity contribution in [2.45, 2.75) is 13.8 Å². The number of hydrogen-bond acceptors (Lipinski definition) is 1. The first-order valence-corrected chi connectivity index (χ1v) is 7.18. The van der Waals surface area contributed by atoms with Gasteiger partial charge < -0.3 is 14.8 Å². The predicted octanol–water partition coefficient (Wildman–Crippen LogP) is 4.93. The number of rotatable bonds is 0. The van der Waals surface area contributed by atoms with Gasteiger partial charge in [0.2, 0.25) is 0 Å². The number of aromatic amines is 2. The Balaban J connectivity index is 0.000000131. The third-order valence-electron chi connectivity index (χ3n) is 2.93. The van der Waals surface area contributed by atoms with E-state index in [4.69, 9.17) is 0 Å². The molecule has 3 heteroatoms. The number of carbonyl (C=O) groups excluding carboxylic acids is 1. The van der Waals surface area contributed by atoms with Crippen molar-refractivity contribution in [3.8, 4) is 0 Å². The standard InChI is InChI=1S/2C8H7N.C3H6O/c2*1-2-4-8-7(3-1)5-6-9-8;1-3(2)4/h2*1-6,9H;1-2H3. The molecule has 4 rings (SSSR count). The van der Waals surface area contributed by atoms with Gasteiger partial charge in [0, 0.05) is 23.4 Å². The van der Waals surface area contributed by atoms with Gasteiger partial charge in [-0.2, -0.15) is 0 Å². The van der Waals surface area contributed by atoms with E-state index in [-0.39, 0.29) is 5.78 Å². The molecule has 112 valence electrons. The second kappa shape index (κ2) is 7.84. The van der Waals surface area contributed by atoms with E-state index in [0.29, 0.717) is 0 Å². The number of fused-ring (bicyclic) bond motifs is 2. The summed E-state index contributed by atoms with van der Waals surface area (Å²) in [7, 11) is 0. The molecule has 4 aromatic rings. The summed E-state index contributed by atoms with van der Waals surface area (Å²) in [4.78, 5) is 15.7. The first kappa shape index (κ1) is 15.6. The van der Waals surface area contributed by atoms with Crippen LogP contribution in [0.4, 0.5) is 0 Å². The van der Waals surface area contributed by atoms with Gasteiger partial charge in [-0.3, -0.25) is 0 Å². The molecule has 22 heavy (non-hydrogen) atoms. The van der Waals surface area contributed by atoms with E-state index in [9.17, 15) is 4.79 Å². The molecule has 0 radical (unpaired) electrons. The number of para-hydroxylation sites is 2. The molecule has 2 aromatic carbocycles. The minimum Gasteiger partial charge on any atom is -0.361 e. The Morgan fingerprint density at radius 2 is 1.05 bits per heavy atom. The number of Topliss-reactive ketones (excluding diaryl/α,β-unsaturated/α-hetero) is 1. The van der Waals surface area contributed by atoms with Crippen LogP contribution in [-0.2, 0) is 4.79 Å². The maximum atomic E-state index is 9.44. The molecule has 2 aromatic heterocycles. The Hall–Kier alpha value is -2.81. The molecule has 0 spiro atoms. The van der Waals surface area contributed by atoms with Crippen LogP contribution < -0.4 is 0 Å². The lowest BCUT2D eigenvalue weighted by Crippen LogP contribution is -1.69. The molecular formula is C19H20N2O. The summed E-state index contributed by atoms with van der Waals surface area (Å²) in [6.07, 6.45) is 3.90. The van der Waals surface area contributed by atoms with Crippen molar-refractivity contribution in [2.24, 2.45) is 0 Å². The van der Waals surface area contributed by atoms with Gasteiger partial charge in [-0.1, -0.05) is 36.4 Å². The van der Waals surface area contributed by atoms with E-state index >= 15 is 0 Å². The fourth-order valence-corrected chi connectivity index (χ4v) is 1.99. The summed E-state index contributed by atoms with van der Waals surface area (Å²) < 4.78 is 0. The van der Waals surface area contributed by atoms with E-state index in [1.54, 1.807) is 0 Å². The Morgan fingerprint density at radius 3 is 1.41 bits per heavy atom. The predicted molar refractivity (Wildman–Crippen MR) is 93.0 cm³/mol. The topological polar surface area (TPSA) is 48.6 Å². The van der Waals surface area contributed by atoms with Crippen molar-refractivity contribution in [2.75, 3.05) is 0 Å². The van der Waals surface area contributed by atoms with Gasteiger partial charge in [-0.15, -0.1) is 0 Å². The molecule has 0 atom stereocenters. The molecule has 0 saturated heterocycles. The Labute approximate surface area is 130 Å². The van der Waals surface area contributed by atoms with Crippen LogP contribution in [0.3, 0.4) is 0 Å². The van der Waals surface area contributed by atoms with Gasteiger partial charge in [0.25, 0.3) is 0 Å². The summed E-state index contributed by atoms with van der Waals surface area (Å²) in [5, 5.41) is 2.55. The molecule has 0 fully saturated rings. The maximum Gasteiger partial charge on any atom is 0.126 e. The number of aromatic nitrogens is 2. The summed E-state index contributed by atoms with van der Waals surface area (Å²) in [5.74, 6) is 0.167. The zero-order valence-electron chi connectivity index (χ0n) is 12.8. The average Bonchev–Trinajstić information content (AvgIpc) is 3.16. The maximum absolute atomic E-state index is 9.44. The average molecular weight is 292 g/mol. The highest BCUT2D eigenvalue weighted by atomic mass is 16.1. The van der Waals surface area contributed by atoms with E-state index in [2.05, 4.69) is 46.4 Å². The fraction of sp³-hybridized carbons (Fsp3) is 0.105. The van der Waals surface area contributed by atoms with E-state index in [1.165, 1.54) is 35.7 Å². The molecular weight excluding hydrogens is 272 g/mol. The lowest BCUT2D eigenvalue weighted by atomic mass is 10.3. The summed E-state index contributed by atoms with van der Waals surface area (Å²) in [6.45, 7) is 3.06. The largest absolute Gasteiger partial charge is 0.361 e. The summed E-state index contributed by atoms with van der Waals surface area (Å²) >= 11 is 0. The van der Waals surface area contributed by atoms with Crippen LogP contribution in [0.5, 0.6) is 0 Å². The van der Waals surface area contributed by atoms with Crippen molar-refractivity contribution >= 4 is 27.6 Å². The highest BCUT2D eigenvalue weighted by Crippen LogP contribution is 2.09. The third-order valence-corrected chi connectivity index (χ3v) is 2.93. The molecule has 0 aliphatic heterocycles. The minimum atomic E-state index is 0.167. The molecule has 0 aliphatic rings. The number of benzene rings is 2. The fourth-order valence-electron chi connectivity index (χ4n) is 1.99. The SMILES string of the molecule is CC(C)=O.c1ccc2[nH]ccc2c1.c1ccc2[nH]ccc2c1. The molecule has 3 nitrogen and oxygen atoms in total. The van der Waals surface area contributed by atoms with Crippen molar-refractivity contribution in [3.63, 3.8) is 0 Å². The molecule has 0 aliphatic carbocycles. The zero-order chi connectivity index (χ0) is 15.8. The molecule has 2 heterocycles. The second-order valence-corrected chi connectivity index (χ2v) is 5.04. The van der Waals surface area contributed by atoms with Gasteiger partial charge in [0.1, 0.15) is 5.78 Å². The Morgan fingerprint density at radius 1 is 0.682 bits per heavy atom. The van der Waals surface area contributed by atoms with Crippen LogP contribution in [0.2, 0.25) is 0 Å². The van der Waals surface area contributed by atoms with Gasteiger partial charge >= 0.3 is 0 Å². The van der Waals surface area contributed by atoms with Crippen molar-refractivity contribution < 1.29 is 4.79 Å². The Kier molecular flexibility index (Phi) is 5.55. The minimum absolute atomic E-state index is 0.167. The highest BCUT2D eigenvalue weighted by Gasteiger charge is 1.87. The summed E-state index contributed by atoms with van der Waals surface area (Å²) in [5.41, 5.74) is 2.41. The second-order valence-electron chi connectivity index (χ2n) is 5.04. The van der Waals surface area contributed by atoms with Gasteiger partial charge in [0.15, 0.2) is 0 Å². The third kappa shape index (κ3) is 4.63. The number of H-pyrrole nitrogens is 2. The molecule has 0 amide bonds. The van der Waals surface area contributed by atoms with Crippen LogP contribution in [0, 0.1) is 0 Å².